The van der Waals surface area contributed by atoms with Crippen molar-refractivity contribution < 1.29 is 4.74 Å². The number of rotatable bonds is 7. The first kappa shape index (κ1) is 14.0. The van der Waals surface area contributed by atoms with E-state index >= 15 is 0 Å². The van der Waals surface area contributed by atoms with Gasteiger partial charge in [0.15, 0.2) is 5.75 Å². The van der Waals surface area contributed by atoms with E-state index in [0.717, 1.165) is 30.8 Å². The molecule has 98 valence electrons. The maximum absolute atomic E-state index is 5.39. The molecule has 0 fully saturated rings. The van der Waals surface area contributed by atoms with Gasteiger partial charge in [0.2, 0.25) is 0 Å². The lowest BCUT2D eigenvalue weighted by Crippen LogP contribution is -2.26. The lowest BCUT2D eigenvalue weighted by atomic mass is 10.0. The summed E-state index contributed by atoms with van der Waals surface area (Å²) in [6.07, 6.45) is 4.01. The molecule has 4 nitrogen and oxygen atoms in total. The zero-order valence-electron chi connectivity index (χ0n) is 11.7. The predicted molar refractivity (Wildman–Crippen MR) is 70.2 cm³/mol. The standard InChI is InChI=1S/C13H25N3O/c1-6-7-14-11(8-10(2)3)13-12(17-5)9-15-16(13)4/h9-11,14H,6-8H2,1-5H3. The van der Waals surface area contributed by atoms with Crippen molar-refractivity contribution in [3.63, 3.8) is 0 Å². The van der Waals surface area contributed by atoms with Gasteiger partial charge in [0, 0.05) is 7.05 Å². The number of hydrogen-bond donors (Lipinski definition) is 1. The Morgan fingerprint density at radius 3 is 2.71 bits per heavy atom. The Bertz CT molecular complexity index is 333. The van der Waals surface area contributed by atoms with E-state index in [1.54, 1.807) is 13.3 Å². The van der Waals surface area contributed by atoms with E-state index in [9.17, 15) is 0 Å². The molecular formula is C13H25N3O. The first-order valence-corrected chi connectivity index (χ1v) is 6.39. The zero-order chi connectivity index (χ0) is 12.8. The van der Waals surface area contributed by atoms with E-state index in [4.69, 9.17) is 4.74 Å². The Kier molecular flexibility index (Phi) is 5.48. The Morgan fingerprint density at radius 2 is 2.18 bits per heavy atom. The molecule has 1 aromatic rings. The molecule has 0 bridgehead atoms. The molecule has 0 amide bonds. The van der Waals surface area contributed by atoms with Gasteiger partial charge in [-0.25, -0.2) is 0 Å². The van der Waals surface area contributed by atoms with Gasteiger partial charge in [-0.2, -0.15) is 5.10 Å². The molecule has 0 aromatic carbocycles. The second-order valence-electron chi connectivity index (χ2n) is 4.86. The Morgan fingerprint density at radius 1 is 1.47 bits per heavy atom. The third kappa shape index (κ3) is 3.73. The zero-order valence-corrected chi connectivity index (χ0v) is 11.7. The molecule has 1 aromatic heterocycles. The highest BCUT2D eigenvalue weighted by Crippen LogP contribution is 2.28. The summed E-state index contributed by atoms with van der Waals surface area (Å²) in [4.78, 5) is 0. The quantitative estimate of drug-likeness (QED) is 0.794. The average molecular weight is 239 g/mol. The minimum absolute atomic E-state index is 0.317. The largest absolute Gasteiger partial charge is 0.493 e. The fourth-order valence-corrected chi connectivity index (χ4v) is 2.06. The van der Waals surface area contributed by atoms with Crippen molar-refractivity contribution in [2.75, 3.05) is 13.7 Å². The van der Waals surface area contributed by atoms with Crippen LogP contribution in [0.25, 0.3) is 0 Å². The van der Waals surface area contributed by atoms with Gasteiger partial charge < -0.3 is 10.1 Å². The molecule has 0 saturated carbocycles. The lowest BCUT2D eigenvalue weighted by molar-refractivity contribution is 0.371. The topological polar surface area (TPSA) is 39.1 Å². The Hall–Kier alpha value is -1.03. The van der Waals surface area contributed by atoms with Crippen molar-refractivity contribution in [3.05, 3.63) is 11.9 Å². The maximum atomic E-state index is 5.39. The van der Waals surface area contributed by atoms with E-state index in [1.165, 1.54) is 0 Å². The third-order valence-electron chi connectivity index (χ3n) is 2.85. The van der Waals surface area contributed by atoms with Gasteiger partial charge in [-0.3, -0.25) is 4.68 Å². The van der Waals surface area contributed by atoms with Gasteiger partial charge in [-0.1, -0.05) is 20.8 Å². The fraction of sp³-hybridized carbons (Fsp3) is 0.769. The smallest absolute Gasteiger partial charge is 0.161 e. The molecule has 0 aliphatic rings. The van der Waals surface area contributed by atoms with Crippen LogP contribution in [-0.4, -0.2) is 23.4 Å². The predicted octanol–water partition coefficient (Wildman–Crippen LogP) is 2.52. The highest BCUT2D eigenvalue weighted by Gasteiger charge is 2.20. The normalized spacial score (nSPS) is 13.1. The van der Waals surface area contributed by atoms with Crippen molar-refractivity contribution >= 4 is 0 Å². The molecule has 17 heavy (non-hydrogen) atoms. The summed E-state index contributed by atoms with van der Waals surface area (Å²) in [7, 11) is 3.67. The molecule has 0 spiro atoms. The van der Waals surface area contributed by atoms with Crippen LogP contribution in [0, 0.1) is 5.92 Å². The van der Waals surface area contributed by atoms with E-state index in [2.05, 4.69) is 31.2 Å². The number of nitrogens with zero attached hydrogens (tertiary/aromatic N) is 2. The summed E-state index contributed by atoms with van der Waals surface area (Å²) < 4.78 is 7.30. The van der Waals surface area contributed by atoms with Gasteiger partial charge in [0.25, 0.3) is 0 Å². The van der Waals surface area contributed by atoms with Crippen LogP contribution in [0.15, 0.2) is 6.20 Å². The highest BCUT2D eigenvalue weighted by atomic mass is 16.5. The summed E-state index contributed by atoms with van der Waals surface area (Å²) in [5, 5.41) is 7.85. The van der Waals surface area contributed by atoms with Crippen molar-refractivity contribution in [2.24, 2.45) is 13.0 Å². The van der Waals surface area contributed by atoms with Crippen LogP contribution in [-0.2, 0) is 7.05 Å². The second-order valence-corrected chi connectivity index (χ2v) is 4.86. The van der Waals surface area contributed by atoms with E-state index in [0.29, 0.717) is 12.0 Å². The monoisotopic (exact) mass is 239 g/mol. The molecule has 1 unspecified atom stereocenters. The van der Waals surface area contributed by atoms with Crippen LogP contribution >= 0.6 is 0 Å². The molecule has 0 radical (unpaired) electrons. The lowest BCUT2D eigenvalue weighted by Gasteiger charge is -2.21. The number of ether oxygens (including phenoxy) is 1. The molecule has 1 N–H and O–H groups in total. The van der Waals surface area contributed by atoms with Gasteiger partial charge in [-0.15, -0.1) is 0 Å². The molecular weight excluding hydrogens is 214 g/mol. The van der Waals surface area contributed by atoms with Gasteiger partial charge in [0.1, 0.15) is 0 Å². The van der Waals surface area contributed by atoms with Crippen molar-refractivity contribution in [2.45, 2.75) is 39.7 Å². The van der Waals surface area contributed by atoms with Crippen LogP contribution in [0.1, 0.15) is 45.3 Å². The molecule has 0 aliphatic heterocycles. The second kappa shape index (κ2) is 6.64. The van der Waals surface area contributed by atoms with Crippen molar-refractivity contribution in [1.82, 2.24) is 15.1 Å². The minimum Gasteiger partial charge on any atom is -0.493 e. The van der Waals surface area contributed by atoms with Gasteiger partial charge in [-0.05, 0) is 25.3 Å². The van der Waals surface area contributed by atoms with Crippen LogP contribution in [0.5, 0.6) is 5.75 Å². The van der Waals surface area contributed by atoms with E-state index in [1.807, 2.05) is 11.7 Å². The summed E-state index contributed by atoms with van der Waals surface area (Å²) in [6, 6.07) is 0.317. The molecule has 1 rings (SSSR count). The fourth-order valence-electron chi connectivity index (χ4n) is 2.06. The number of nitrogens with one attached hydrogen (secondary N) is 1. The first-order chi connectivity index (χ1) is 8.10. The van der Waals surface area contributed by atoms with E-state index in [-0.39, 0.29) is 0 Å². The number of methoxy groups -OCH3 is 1. The SMILES string of the molecule is CCCNC(CC(C)C)c1c(OC)cnn1C. The van der Waals surface area contributed by atoms with Crippen LogP contribution < -0.4 is 10.1 Å². The highest BCUT2D eigenvalue weighted by molar-refractivity contribution is 5.28. The van der Waals surface area contributed by atoms with Gasteiger partial charge >= 0.3 is 0 Å². The summed E-state index contributed by atoms with van der Waals surface area (Å²) in [6.45, 7) is 7.68. The summed E-state index contributed by atoms with van der Waals surface area (Å²) >= 11 is 0. The summed E-state index contributed by atoms with van der Waals surface area (Å²) in [5.74, 6) is 1.52. The van der Waals surface area contributed by atoms with Crippen LogP contribution in [0.3, 0.4) is 0 Å². The molecule has 0 saturated heterocycles. The molecule has 1 atom stereocenters. The van der Waals surface area contributed by atoms with Crippen molar-refractivity contribution in [3.8, 4) is 5.75 Å². The van der Waals surface area contributed by atoms with Crippen molar-refractivity contribution in [1.29, 1.82) is 0 Å². The van der Waals surface area contributed by atoms with Crippen LogP contribution in [0.4, 0.5) is 0 Å². The first-order valence-electron chi connectivity index (χ1n) is 6.39. The molecule has 4 heteroatoms. The Balaban J connectivity index is 2.89. The van der Waals surface area contributed by atoms with Gasteiger partial charge in [0.05, 0.1) is 25.0 Å². The average Bonchev–Trinajstić information content (AvgIpc) is 2.65. The van der Waals surface area contributed by atoms with Crippen LogP contribution in [0.2, 0.25) is 0 Å². The molecule has 0 aliphatic carbocycles. The number of aryl methyl sites for hydroxylation is 1. The third-order valence-corrected chi connectivity index (χ3v) is 2.85. The number of hydrogen-bond acceptors (Lipinski definition) is 3. The molecule has 1 heterocycles. The van der Waals surface area contributed by atoms with E-state index < -0.39 is 0 Å². The minimum atomic E-state index is 0.317. The number of aromatic nitrogens is 2. The Labute approximate surface area is 104 Å². The summed E-state index contributed by atoms with van der Waals surface area (Å²) in [5.41, 5.74) is 1.15. The maximum Gasteiger partial charge on any atom is 0.161 e.